The zero-order valence-electron chi connectivity index (χ0n) is 11.2. The van der Waals surface area contributed by atoms with Gasteiger partial charge in [0, 0.05) is 13.0 Å². The number of nitrogens with one attached hydrogen (secondary N) is 2. The highest BCUT2D eigenvalue weighted by Gasteiger charge is 2.16. The van der Waals surface area contributed by atoms with E-state index in [0.29, 0.717) is 18.7 Å². The topological polar surface area (TPSA) is 90.8 Å². The monoisotopic (exact) mass is 328 g/mol. The number of rotatable bonds is 4. The molecule has 0 bridgehead atoms. The smallest absolute Gasteiger partial charge is 0.407 e. The van der Waals surface area contributed by atoms with Gasteiger partial charge in [0.1, 0.15) is 5.60 Å². The lowest BCUT2D eigenvalue weighted by molar-refractivity contribution is 0.0528. The van der Waals surface area contributed by atoms with E-state index in [9.17, 15) is 4.79 Å². The van der Waals surface area contributed by atoms with Crippen LogP contribution in [0.4, 0.5) is 4.79 Å². The van der Waals surface area contributed by atoms with Crippen molar-refractivity contribution in [3.05, 3.63) is 15.9 Å². The molecule has 0 saturated heterocycles. The third kappa shape index (κ3) is 5.30. The molecule has 0 saturated carbocycles. The highest BCUT2D eigenvalue weighted by molar-refractivity contribution is 9.10. The van der Waals surface area contributed by atoms with Gasteiger partial charge in [-0.25, -0.2) is 4.79 Å². The average molecular weight is 329 g/mol. The van der Waals surface area contributed by atoms with Gasteiger partial charge in [-0.15, -0.1) is 0 Å². The molecule has 0 unspecified atom stereocenters. The molecule has 1 aromatic rings. The summed E-state index contributed by atoms with van der Waals surface area (Å²) in [5, 5.41) is 18.1. The molecule has 0 aliphatic carbocycles. The minimum atomic E-state index is -0.501. The first-order valence-corrected chi connectivity index (χ1v) is 6.68. The van der Waals surface area contributed by atoms with Gasteiger partial charge in [0.25, 0.3) is 0 Å². The Labute approximate surface area is 120 Å². The third-order valence-electron chi connectivity index (χ3n) is 2.13. The van der Waals surface area contributed by atoms with Crippen molar-refractivity contribution in [3.63, 3.8) is 0 Å². The van der Waals surface area contributed by atoms with E-state index < -0.39 is 11.7 Å². The lowest BCUT2D eigenvalue weighted by Crippen LogP contribution is -2.33. The molecule has 1 amide bonds. The minimum absolute atomic E-state index is 0.247. The van der Waals surface area contributed by atoms with Gasteiger partial charge in [-0.2, -0.15) is 10.4 Å². The Morgan fingerprint density at radius 2 is 2.26 bits per heavy atom. The summed E-state index contributed by atoms with van der Waals surface area (Å²) >= 11 is 3.38. The van der Waals surface area contributed by atoms with Crippen molar-refractivity contribution in [2.75, 3.05) is 6.54 Å². The summed E-state index contributed by atoms with van der Waals surface area (Å²) in [6.07, 6.45) is 0.384. The van der Waals surface area contributed by atoms with Crippen LogP contribution in [0.5, 0.6) is 0 Å². The van der Waals surface area contributed by atoms with Gasteiger partial charge in [-0.3, -0.25) is 5.10 Å². The molecule has 0 spiro atoms. The molecule has 1 rings (SSSR count). The van der Waals surface area contributed by atoms with Crippen LogP contribution in [-0.4, -0.2) is 28.4 Å². The fourth-order valence-electron chi connectivity index (χ4n) is 1.37. The van der Waals surface area contributed by atoms with E-state index in [1.165, 1.54) is 0 Å². The van der Waals surface area contributed by atoms with Gasteiger partial charge in [0.05, 0.1) is 28.4 Å². The molecule has 2 N–H and O–H groups in total. The molecule has 0 fully saturated rings. The van der Waals surface area contributed by atoms with E-state index in [2.05, 4.69) is 31.4 Å². The Morgan fingerprint density at radius 3 is 2.84 bits per heavy atom. The molecular weight excluding hydrogens is 312 g/mol. The standard InChI is InChI=1S/C12H17BrN4O2/c1-12(2,3)19-11(18)15-7-5-9-10(13)8(4-6-14)16-17-9/h4-5,7H2,1-3H3,(H,15,18)(H,16,17). The van der Waals surface area contributed by atoms with E-state index in [1.54, 1.807) is 0 Å². The highest BCUT2D eigenvalue weighted by atomic mass is 79.9. The van der Waals surface area contributed by atoms with Crippen molar-refractivity contribution in [2.45, 2.75) is 39.2 Å². The molecular formula is C12H17BrN4O2. The Kier molecular flexibility index (Phi) is 5.36. The number of halogens is 1. The maximum atomic E-state index is 11.4. The molecule has 0 atom stereocenters. The summed E-state index contributed by atoms with van der Waals surface area (Å²) < 4.78 is 5.91. The number of H-pyrrole nitrogens is 1. The summed E-state index contributed by atoms with van der Waals surface area (Å²) in [7, 11) is 0. The van der Waals surface area contributed by atoms with Crippen LogP contribution < -0.4 is 5.32 Å². The van der Waals surface area contributed by atoms with Crippen LogP contribution in [0.15, 0.2) is 4.47 Å². The van der Waals surface area contributed by atoms with Gasteiger partial charge in [0.2, 0.25) is 0 Å². The van der Waals surface area contributed by atoms with Crippen molar-refractivity contribution in [2.24, 2.45) is 0 Å². The Hall–Kier alpha value is -1.55. The number of hydrogen-bond acceptors (Lipinski definition) is 4. The van der Waals surface area contributed by atoms with Crippen LogP contribution in [-0.2, 0) is 17.6 Å². The number of nitrogens with zero attached hydrogens (tertiary/aromatic N) is 2. The van der Waals surface area contributed by atoms with Crippen LogP contribution in [0, 0.1) is 11.3 Å². The minimum Gasteiger partial charge on any atom is -0.444 e. The SMILES string of the molecule is CC(C)(C)OC(=O)NCCc1[nH]nc(CC#N)c1Br. The van der Waals surface area contributed by atoms with Gasteiger partial charge in [0.15, 0.2) is 0 Å². The van der Waals surface area contributed by atoms with Crippen LogP contribution in [0.25, 0.3) is 0 Å². The van der Waals surface area contributed by atoms with E-state index in [4.69, 9.17) is 10.00 Å². The molecule has 19 heavy (non-hydrogen) atoms. The fraction of sp³-hybridized carbons (Fsp3) is 0.583. The number of amides is 1. The number of carbonyl (C=O) groups is 1. The molecule has 7 heteroatoms. The van der Waals surface area contributed by atoms with Crippen molar-refractivity contribution >= 4 is 22.0 Å². The maximum Gasteiger partial charge on any atom is 0.407 e. The molecule has 0 aromatic carbocycles. The van der Waals surface area contributed by atoms with Crippen molar-refractivity contribution in [3.8, 4) is 6.07 Å². The zero-order valence-corrected chi connectivity index (χ0v) is 12.8. The molecule has 0 radical (unpaired) electrons. The lowest BCUT2D eigenvalue weighted by Gasteiger charge is -2.19. The number of alkyl carbamates (subject to hydrolysis) is 1. The fourth-order valence-corrected chi connectivity index (χ4v) is 1.88. The summed E-state index contributed by atoms with van der Waals surface area (Å²) in [5.41, 5.74) is 1.02. The van der Waals surface area contributed by atoms with E-state index >= 15 is 0 Å². The van der Waals surface area contributed by atoms with Crippen LogP contribution in [0.1, 0.15) is 32.2 Å². The first-order chi connectivity index (χ1) is 8.83. The molecule has 0 aliphatic heterocycles. The Balaban J connectivity index is 2.42. The maximum absolute atomic E-state index is 11.4. The predicted molar refractivity (Wildman–Crippen MR) is 73.5 cm³/mol. The number of nitriles is 1. The summed E-state index contributed by atoms with van der Waals surface area (Å²) in [6, 6.07) is 2.04. The number of hydrogen-bond donors (Lipinski definition) is 2. The summed E-state index contributed by atoms with van der Waals surface area (Å²) in [5.74, 6) is 0. The quantitative estimate of drug-likeness (QED) is 0.887. The normalized spacial score (nSPS) is 10.9. The first-order valence-electron chi connectivity index (χ1n) is 5.89. The molecule has 6 nitrogen and oxygen atoms in total. The number of aromatic amines is 1. The van der Waals surface area contributed by atoms with Gasteiger partial charge in [-0.05, 0) is 36.7 Å². The largest absolute Gasteiger partial charge is 0.444 e. The van der Waals surface area contributed by atoms with Gasteiger partial charge >= 0.3 is 6.09 Å². The van der Waals surface area contributed by atoms with E-state index in [-0.39, 0.29) is 6.42 Å². The summed E-state index contributed by atoms with van der Waals surface area (Å²) in [6.45, 7) is 5.87. The van der Waals surface area contributed by atoms with Crippen molar-refractivity contribution in [1.82, 2.24) is 15.5 Å². The molecule has 1 aromatic heterocycles. The molecule has 104 valence electrons. The van der Waals surface area contributed by atoms with E-state index in [0.717, 1.165) is 10.2 Å². The lowest BCUT2D eigenvalue weighted by atomic mass is 10.2. The van der Waals surface area contributed by atoms with Crippen LogP contribution in [0.3, 0.4) is 0 Å². The predicted octanol–water partition coefficient (Wildman–Crippen LogP) is 2.31. The van der Waals surface area contributed by atoms with Crippen molar-refractivity contribution in [1.29, 1.82) is 5.26 Å². The number of carbonyl (C=O) groups excluding carboxylic acids is 1. The third-order valence-corrected chi connectivity index (χ3v) is 3.07. The van der Waals surface area contributed by atoms with Crippen LogP contribution in [0.2, 0.25) is 0 Å². The second-order valence-electron chi connectivity index (χ2n) is 4.98. The van der Waals surface area contributed by atoms with E-state index in [1.807, 2.05) is 26.8 Å². The second-order valence-corrected chi connectivity index (χ2v) is 5.77. The number of ether oxygens (including phenoxy) is 1. The second kappa shape index (κ2) is 6.57. The number of aromatic nitrogens is 2. The Bertz CT molecular complexity index is 485. The summed E-state index contributed by atoms with van der Waals surface area (Å²) in [4.78, 5) is 11.4. The molecule has 1 heterocycles. The molecule has 0 aliphatic rings. The Morgan fingerprint density at radius 1 is 1.58 bits per heavy atom. The zero-order chi connectivity index (χ0) is 14.5. The van der Waals surface area contributed by atoms with Gasteiger partial charge < -0.3 is 10.1 Å². The first kappa shape index (κ1) is 15.5. The average Bonchev–Trinajstić information content (AvgIpc) is 2.59. The van der Waals surface area contributed by atoms with Crippen molar-refractivity contribution < 1.29 is 9.53 Å². The van der Waals surface area contributed by atoms with Gasteiger partial charge in [-0.1, -0.05) is 0 Å². The van der Waals surface area contributed by atoms with Crippen LogP contribution >= 0.6 is 15.9 Å². The highest BCUT2D eigenvalue weighted by Crippen LogP contribution is 2.19.